The summed E-state index contributed by atoms with van der Waals surface area (Å²) in [7, 11) is 3.89. The van der Waals surface area contributed by atoms with Crippen molar-refractivity contribution in [1.29, 1.82) is 0 Å². The summed E-state index contributed by atoms with van der Waals surface area (Å²) in [6.45, 7) is 18.9. The van der Waals surface area contributed by atoms with Crippen molar-refractivity contribution in [2.24, 2.45) is 56.7 Å². The zero-order chi connectivity index (χ0) is 40.3. The summed E-state index contributed by atoms with van der Waals surface area (Å²) in [5.41, 5.74) is 2.37. The Bertz CT molecular complexity index is 1680. The molecule has 1 aromatic carbocycles. The van der Waals surface area contributed by atoms with Gasteiger partial charge in [-0.15, -0.1) is 0 Å². The van der Waals surface area contributed by atoms with Gasteiger partial charge in [0.1, 0.15) is 6.10 Å². The minimum atomic E-state index is -1.16. The van der Waals surface area contributed by atoms with Crippen molar-refractivity contribution in [2.75, 3.05) is 27.2 Å². The van der Waals surface area contributed by atoms with Crippen LogP contribution in [0, 0.1) is 56.7 Å². The first-order chi connectivity index (χ1) is 25.7. The highest BCUT2D eigenvalue weighted by molar-refractivity contribution is 6.00. The molecule has 1 aromatic rings. The van der Waals surface area contributed by atoms with Gasteiger partial charge in [-0.25, -0.2) is 0 Å². The minimum Gasteiger partial charge on any atom is -0.481 e. The number of carboxylic acid groups (broad SMARTS) is 1. The van der Waals surface area contributed by atoms with Gasteiger partial charge < -0.3 is 19.6 Å². The number of amides is 1. The molecule has 5 aliphatic rings. The van der Waals surface area contributed by atoms with Gasteiger partial charge in [-0.2, -0.15) is 0 Å². The SMILES string of the molecule is CC(C)C1=C2C3CCC4C(C)(CCC5C(C)(C)C(OC(=O)CC(C)(C)C(=O)O)CCC54C)C3CCC2(CCN(Cc2ccccc2)C(=O)CN(C)C)CC1=O. The van der Waals surface area contributed by atoms with E-state index in [1.165, 1.54) is 5.57 Å². The zero-order valence-electron chi connectivity index (χ0n) is 35.6. The Morgan fingerprint density at radius 1 is 0.909 bits per heavy atom. The van der Waals surface area contributed by atoms with E-state index in [1.54, 1.807) is 13.8 Å². The number of Topliss-reactive ketones (excluding diaryl/α,β-unsaturated/α-hetero) is 1. The molecule has 8 heteroatoms. The quantitative estimate of drug-likeness (QED) is 0.212. The first-order valence-electron chi connectivity index (χ1n) is 21.3. The zero-order valence-corrected chi connectivity index (χ0v) is 35.6. The maximum atomic E-state index is 14.2. The number of ether oxygens (including phenoxy) is 1. The highest BCUT2D eigenvalue weighted by Gasteiger charge is 2.66. The van der Waals surface area contributed by atoms with Crippen molar-refractivity contribution in [3.8, 4) is 0 Å². The molecule has 4 saturated carbocycles. The minimum absolute atomic E-state index is 0.102. The van der Waals surface area contributed by atoms with E-state index in [4.69, 9.17) is 4.74 Å². The predicted octanol–water partition coefficient (Wildman–Crippen LogP) is 8.97. The molecule has 0 spiro atoms. The maximum absolute atomic E-state index is 14.2. The summed E-state index contributed by atoms with van der Waals surface area (Å²) in [6.07, 6.45) is 9.42. The molecule has 1 N–H and O–H groups in total. The Morgan fingerprint density at radius 2 is 1.58 bits per heavy atom. The molecular weight excluding hydrogens is 689 g/mol. The molecule has 0 saturated heterocycles. The third kappa shape index (κ3) is 7.47. The lowest BCUT2D eigenvalue weighted by Gasteiger charge is -2.69. The number of hydrogen-bond donors (Lipinski definition) is 1. The van der Waals surface area contributed by atoms with Crippen molar-refractivity contribution < 1.29 is 29.0 Å². The van der Waals surface area contributed by atoms with Gasteiger partial charge in [-0.05, 0) is 137 Å². The summed E-state index contributed by atoms with van der Waals surface area (Å²) in [6, 6.07) is 10.3. The molecule has 304 valence electrons. The number of esters is 1. The van der Waals surface area contributed by atoms with Crippen LogP contribution >= 0.6 is 0 Å². The molecule has 0 radical (unpaired) electrons. The molecule has 4 fully saturated rings. The van der Waals surface area contributed by atoms with Crippen molar-refractivity contribution >= 4 is 23.6 Å². The second-order valence-electron chi connectivity index (χ2n) is 20.8. The summed E-state index contributed by atoms with van der Waals surface area (Å²) >= 11 is 0. The number of nitrogens with zero attached hydrogens (tertiary/aromatic N) is 2. The van der Waals surface area contributed by atoms with Crippen LogP contribution in [0.25, 0.3) is 0 Å². The van der Waals surface area contributed by atoms with E-state index in [1.807, 2.05) is 42.1 Å². The van der Waals surface area contributed by atoms with Crippen molar-refractivity contribution in [1.82, 2.24) is 9.80 Å². The molecule has 6 rings (SSSR count). The van der Waals surface area contributed by atoms with E-state index >= 15 is 0 Å². The van der Waals surface area contributed by atoms with E-state index < -0.39 is 17.4 Å². The van der Waals surface area contributed by atoms with Gasteiger partial charge in [0.05, 0.1) is 18.4 Å². The van der Waals surface area contributed by atoms with E-state index in [-0.39, 0.29) is 46.0 Å². The number of fused-ring (bicyclic) bond motifs is 7. The molecule has 0 aliphatic heterocycles. The van der Waals surface area contributed by atoms with Gasteiger partial charge in [0.25, 0.3) is 0 Å². The van der Waals surface area contributed by atoms with Gasteiger partial charge in [0.15, 0.2) is 5.78 Å². The first-order valence-corrected chi connectivity index (χ1v) is 21.3. The lowest BCUT2D eigenvalue weighted by molar-refractivity contribution is -0.214. The fourth-order valence-electron chi connectivity index (χ4n) is 13.4. The standard InChI is InChI=1S/C47H70N2O6/c1-30(2)40-34(50)26-47(24-25-49(38(51)29-48(9)10)28-31-14-12-11-13-15-31)23-18-33-32(41(40)47)16-17-36-45(33,7)21-19-35-44(5,6)37(20-22-46(35,36)8)55-39(52)27-43(3,4)42(53)54/h11-15,30,32-33,35-37H,16-29H2,1-10H3,(H,53,54). The van der Waals surface area contributed by atoms with E-state index in [0.717, 1.165) is 68.9 Å². The number of ketones is 1. The van der Waals surface area contributed by atoms with Gasteiger partial charge in [0, 0.05) is 30.3 Å². The van der Waals surface area contributed by atoms with Crippen LogP contribution in [0.4, 0.5) is 0 Å². The second kappa shape index (κ2) is 15.1. The molecule has 5 aliphatic carbocycles. The Kier molecular flexibility index (Phi) is 11.4. The average molecular weight is 759 g/mol. The van der Waals surface area contributed by atoms with Gasteiger partial charge in [-0.1, -0.05) is 77.4 Å². The number of hydrogen-bond acceptors (Lipinski definition) is 6. The Morgan fingerprint density at radius 3 is 2.22 bits per heavy atom. The maximum Gasteiger partial charge on any atom is 0.309 e. The van der Waals surface area contributed by atoms with E-state index in [2.05, 4.69) is 53.7 Å². The average Bonchev–Trinajstić information content (AvgIpc) is 3.40. The second-order valence-corrected chi connectivity index (χ2v) is 20.8. The molecule has 8 nitrogen and oxygen atoms in total. The van der Waals surface area contributed by atoms with Crippen LogP contribution in [-0.4, -0.2) is 71.8 Å². The highest BCUT2D eigenvalue weighted by atomic mass is 16.5. The number of carbonyl (C=O) groups excluding carboxylic acids is 3. The predicted molar refractivity (Wildman–Crippen MR) is 216 cm³/mol. The number of carboxylic acids is 1. The van der Waals surface area contributed by atoms with Crippen LogP contribution in [0.3, 0.4) is 0 Å². The largest absolute Gasteiger partial charge is 0.481 e. The highest BCUT2D eigenvalue weighted by Crippen LogP contribution is 2.73. The van der Waals surface area contributed by atoms with E-state index in [0.29, 0.717) is 55.5 Å². The molecule has 8 atom stereocenters. The molecule has 55 heavy (non-hydrogen) atoms. The Hall–Kier alpha value is -3.00. The molecule has 0 aromatic heterocycles. The summed E-state index contributed by atoms with van der Waals surface area (Å²) < 4.78 is 6.18. The molecule has 0 heterocycles. The van der Waals surface area contributed by atoms with Crippen LogP contribution in [0.2, 0.25) is 0 Å². The molecule has 1 amide bonds. The third-order valence-corrected chi connectivity index (χ3v) is 16.0. The third-order valence-electron chi connectivity index (χ3n) is 16.0. The number of likely N-dealkylation sites (N-methyl/N-ethyl adjacent to an activating group) is 1. The van der Waals surface area contributed by atoms with Crippen LogP contribution in [0.15, 0.2) is 41.5 Å². The van der Waals surface area contributed by atoms with Gasteiger partial charge >= 0.3 is 11.9 Å². The fraction of sp³-hybridized carbons (Fsp3) is 0.745. The van der Waals surface area contributed by atoms with Crippen molar-refractivity contribution in [2.45, 2.75) is 139 Å². The van der Waals surface area contributed by atoms with Crippen LogP contribution in [-0.2, 0) is 30.5 Å². The smallest absolute Gasteiger partial charge is 0.309 e. The summed E-state index contributed by atoms with van der Waals surface area (Å²) in [5, 5.41) is 9.62. The number of carbonyl (C=O) groups is 4. The van der Waals surface area contributed by atoms with Crippen LogP contribution < -0.4 is 0 Å². The number of aliphatic carboxylic acids is 1. The lowest BCUT2D eigenvalue weighted by atomic mass is 9.36. The summed E-state index contributed by atoms with van der Waals surface area (Å²) in [5.74, 6) is 1.09. The van der Waals surface area contributed by atoms with E-state index in [9.17, 15) is 24.3 Å². The Labute approximate surface area is 331 Å². The van der Waals surface area contributed by atoms with Crippen molar-refractivity contribution in [3.05, 3.63) is 47.0 Å². The first kappa shape index (κ1) is 41.6. The number of allylic oxidation sites excluding steroid dienone is 2. The van der Waals surface area contributed by atoms with Crippen molar-refractivity contribution in [3.63, 3.8) is 0 Å². The molecule has 8 unspecified atom stereocenters. The normalized spacial score (nSPS) is 34.1. The van der Waals surface area contributed by atoms with Crippen LogP contribution in [0.5, 0.6) is 0 Å². The summed E-state index contributed by atoms with van der Waals surface area (Å²) in [4.78, 5) is 56.7. The monoisotopic (exact) mass is 759 g/mol. The van der Waals surface area contributed by atoms with Gasteiger partial charge in [-0.3, -0.25) is 19.2 Å². The molecular formula is C47H70N2O6. The number of rotatable bonds is 12. The molecule has 0 bridgehead atoms. The Balaban J connectivity index is 1.25. The fourth-order valence-corrected chi connectivity index (χ4v) is 13.4. The lowest BCUT2D eigenvalue weighted by Crippen LogP contribution is -2.63. The van der Waals surface area contributed by atoms with Gasteiger partial charge in [0.2, 0.25) is 5.91 Å². The topological polar surface area (TPSA) is 104 Å². The van der Waals surface area contributed by atoms with Crippen LogP contribution in [0.1, 0.15) is 132 Å². The number of benzene rings is 1.